The molecule has 0 radical (unpaired) electrons. The number of hydrogen-bond donors (Lipinski definition) is 1. The number of pyridine rings is 1. The minimum Gasteiger partial charge on any atom is -0.345 e. The number of carbonyl (C=O) groups excluding carboxylic acids is 2. The van der Waals surface area contributed by atoms with Crippen molar-refractivity contribution in [3.8, 4) is 0 Å². The number of amides is 2. The third-order valence-corrected chi connectivity index (χ3v) is 5.40. The molecule has 2 aromatic rings. The fourth-order valence-corrected chi connectivity index (χ4v) is 3.85. The summed E-state index contributed by atoms with van der Waals surface area (Å²) in [6.45, 7) is 2.05. The molecule has 0 saturated heterocycles. The van der Waals surface area contributed by atoms with E-state index in [1.165, 1.54) is 17.5 Å². The first-order chi connectivity index (χ1) is 12.9. The fraction of sp³-hybridized carbons (Fsp3) is 0.444. The largest absolute Gasteiger partial charge is 0.345 e. The van der Waals surface area contributed by atoms with Gasteiger partial charge in [0.25, 0.3) is 5.56 Å². The molecular formula is C18H21ClN4O3S. The Balaban J connectivity index is 1.89. The summed E-state index contributed by atoms with van der Waals surface area (Å²) >= 11 is 7.61. The average molecular weight is 409 g/mol. The minimum absolute atomic E-state index is 0.166. The van der Waals surface area contributed by atoms with Crippen LogP contribution < -0.4 is 10.9 Å². The van der Waals surface area contributed by atoms with Crippen molar-refractivity contribution in [1.82, 2.24) is 19.6 Å². The molecule has 27 heavy (non-hydrogen) atoms. The molecule has 144 valence electrons. The Morgan fingerprint density at radius 3 is 2.89 bits per heavy atom. The number of rotatable bonds is 5. The lowest BCUT2D eigenvalue weighted by Gasteiger charge is -2.31. The highest BCUT2D eigenvalue weighted by molar-refractivity contribution is 7.98. The molecule has 3 rings (SSSR count). The van der Waals surface area contributed by atoms with E-state index in [0.29, 0.717) is 41.3 Å². The predicted molar refractivity (Wildman–Crippen MR) is 106 cm³/mol. The van der Waals surface area contributed by atoms with E-state index in [-0.39, 0.29) is 23.9 Å². The van der Waals surface area contributed by atoms with Crippen LogP contribution in [0.15, 0.2) is 23.1 Å². The molecule has 2 amide bonds. The summed E-state index contributed by atoms with van der Waals surface area (Å²) in [4.78, 5) is 43.4. The second-order valence-electron chi connectivity index (χ2n) is 6.46. The van der Waals surface area contributed by atoms with Crippen molar-refractivity contribution >= 4 is 40.8 Å². The maximum Gasteiger partial charge on any atom is 0.263 e. The highest BCUT2D eigenvalue weighted by Gasteiger charge is 2.29. The SMILES string of the molecule is CSCC[C@@H](NC(C)=O)C(=O)N1CCc2nc3ccc(Cl)cn3c(=O)c2C1. The molecule has 0 fully saturated rings. The van der Waals surface area contributed by atoms with Crippen LogP contribution in [0.4, 0.5) is 0 Å². The van der Waals surface area contributed by atoms with E-state index in [0.717, 1.165) is 5.75 Å². The number of carbonyl (C=O) groups is 2. The topological polar surface area (TPSA) is 83.8 Å². The van der Waals surface area contributed by atoms with Crippen LogP contribution in [0.1, 0.15) is 24.6 Å². The molecule has 1 atom stereocenters. The van der Waals surface area contributed by atoms with Crippen LogP contribution in [-0.4, -0.2) is 50.7 Å². The van der Waals surface area contributed by atoms with E-state index < -0.39 is 6.04 Å². The number of thioether (sulfide) groups is 1. The number of fused-ring (bicyclic) bond motifs is 2. The van der Waals surface area contributed by atoms with Crippen LogP contribution in [0, 0.1) is 0 Å². The van der Waals surface area contributed by atoms with Gasteiger partial charge in [0.05, 0.1) is 22.8 Å². The average Bonchev–Trinajstić information content (AvgIpc) is 2.65. The first kappa shape index (κ1) is 19.7. The van der Waals surface area contributed by atoms with Gasteiger partial charge in [0.2, 0.25) is 11.8 Å². The molecule has 9 heteroatoms. The Bertz CT molecular complexity index is 946. The van der Waals surface area contributed by atoms with Gasteiger partial charge in [-0.2, -0.15) is 11.8 Å². The first-order valence-corrected chi connectivity index (χ1v) is 10.4. The molecule has 0 unspecified atom stereocenters. The lowest BCUT2D eigenvalue weighted by molar-refractivity contribution is -0.137. The van der Waals surface area contributed by atoms with Crippen LogP contribution in [-0.2, 0) is 22.6 Å². The van der Waals surface area contributed by atoms with Crippen LogP contribution in [0.3, 0.4) is 0 Å². The maximum atomic E-state index is 12.9. The Morgan fingerprint density at radius 1 is 1.41 bits per heavy atom. The summed E-state index contributed by atoms with van der Waals surface area (Å²) in [6.07, 6.45) is 4.54. The van der Waals surface area contributed by atoms with E-state index in [1.54, 1.807) is 28.8 Å². The maximum absolute atomic E-state index is 12.9. The zero-order valence-electron chi connectivity index (χ0n) is 15.2. The third-order valence-electron chi connectivity index (χ3n) is 4.53. The molecule has 2 aromatic heterocycles. The van der Waals surface area contributed by atoms with Crippen LogP contribution in [0.25, 0.3) is 5.65 Å². The molecule has 0 saturated carbocycles. The zero-order valence-corrected chi connectivity index (χ0v) is 16.8. The highest BCUT2D eigenvalue weighted by Crippen LogP contribution is 2.18. The normalized spacial score (nSPS) is 14.7. The van der Waals surface area contributed by atoms with E-state index in [1.807, 2.05) is 6.26 Å². The number of hydrogen-bond acceptors (Lipinski definition) is 5. The van der Waals surface area contributed by atoms with Gasteiger partial charge in [0, 0.05) is 26.1 Å². The van der Waals surface area contributed by atoms with Crippen molar-refractivity contribution in [1.29, 1.82) is 0 Å². The number of halogens is 1. The van der Waals surface area contributed by atoms with Gasteiger partial charge in [-0.25, -0.2) is 4.98 Å². The standard InChI is InChI=1S/C18H21ClN4O3S/c1-11(24)20-15(6-8-27-2)18(26)22-7-5-14-13(10-22)17(25)23-9-12(19)3-4-16(23)21-14/h3-4,9,15H,5-8,10H2,1-2H3,(H,20,24)/t15-/m1/s1. The van der Waals surface area contributed by atoms with Crippen LogP contribution in [0.5, 0.6) is 0 Å². The molecule has 7 nitrogen and oxygen atoms in total. The number of aromatic nitrogens is 2. The summed E-state index contributed by atoms with van der Waals surface area (Å²) in [6, 6.07) is 2.82. The third kappa shape index (κ3) is 4.27. The fourth-order valence-electron chi connectivity index (χ4n) is 3.22. The first-order valence-electron chi connectivity index (χ1n) is 8.65. The summed E-state index contributed by atoms with van der Waals surface area (Å²) in [7, 11) is 0. The van der Waals surface area contributed by atoms with Crippen molar-refractivity contribution < 1.29 is 9.59 Å². The van der Waals surface area contributed by atoms with Gasteiger partial charge in [-0.3, -0.25) is 18.8 Å². The summed E-state index contributed by atoms with van der Waals surface area (Å²) in [5, 5.41) is 3.17. The quantitative estimate of drug-likeness (QED) is 0.810. The predicted octanol–water partition coefficient (Wildman–Crippen LogP) is 1.49. The summed E-state index contributed by atoms with van der Waals surface area (Å²) in [5.41, 5.74) is 1.54. The number of nitrogens with zero attached hydrogens (tertiary/aromatic N) is 3. The van der Waals surface area contributed by atoms with Gasteiger partial charge in [0.15, 0.2) is 0 Å². The lowest BCUT2D eigenvalue weighted by Crippen LogP contribution is -2.50. The van der Waals surface area contributed by atoms with Gasteiger partial charge < -0.3 is 10.2 Å². The zero-order chi connectivity index (χ0) is 19.6. The van der Waals surface area contributed by atoms with E-state index in [4.69, 9.17) is 11.6 Å². The Morgan fingerprint density at radius 2 is 2.19 bits per heavy atom. The Labute approximate surface area is 166 Å². The smallest absolute Gasteiger partial charge is 0.263 e. The number of nitrogens with one attached hydrogen (secondary N) is 1. The molecule has 1 aliphatic heterocycles. The minimum atomic E-state index is -0.581. The highest BCUT2D eigenvalue weighted by atomic mass is 35.5. The molecule has 0 bridgehead atoms. The summed E-state index contributed by atoms with van der Waals surface area (Å²) in [5.74, 6) is 0.351. The molecule has 3 heterocycles. The van der Waals surface area contributed by atoms with Gasteiger partial charge >= 0.3 is 0 Å². The second kappa shape index (κ2) is 8.31. The van der Waals surface area contributed by atoms with E-state index >= 15 is 0 Å². The van der Waals surface area contributed by atoms with Gasteiger partial charge in [-0.15, -0.1) is 0 Å². The molecule has 1 N–H and O–H groups in total. The Kier molecular flexibility index (Phi) is 6.06. The van der Waals surface area contributed by atoms with Crippen LogP contribution >= 0.6 is 23.4 Å². The van der Waals surface area contributed by atoms with Crippen molar-refractivity contribution in [2.45, 2.75) is 32.4 Å². The van der Waals surface area contributed by atoms with Gasteiger partial charge in [-0.1, -0.05) is 11.6 Å². The van der Waals surface area contributed by atoms with Crippen LogP contribution in [0.2, 0.25) is 5.02 Å². The second-order valence-corrected chi connectivity index (χ2v) is 7.88. The van der Waals surface area contributed by atoms with Gasteiger partial charge in [-0.05, 0) is 30.6 Å². The molecule has 0 aromatic carbocycles. The molecule has 0 spiro atoms. The van der Waals surface area contributed by atoms with Crippen molar-refractivity contribution in [2.24, 2.45) is 0 Å². The molecular weight excluding hydrogens is 388 g/mol. The molecule has 0 aliphatic carbocycles. The van der Waals surface area contributed by atoms with Crippen molar-refractivity contribution in [3.05, 3.63) is 45.0 Å². The Hall–Kier alpha value is -2.06. The van der Waals surface area contributed by atoms with E-state index in [9.17, 15) is 14.4 Å². The molecule has 1 aliphatic rings. The van der Waals surface area contributed by atoms with E-state index in [2.05, 4.69) is 10.3 Å². The lowest BCUT2D eigenvalue weighted by atomic mass is 10.0. The summed E-state index contributed by atoms with van der Waals surface area (Å²) < 4.78 is 1.41. The monoisotopic (exact) mass is 408 g/mol. The van der Waals surface area contributed by atoms with Crippen molar-refractivity contribution in [2.75, 3.05) is 18.6 Å². The van der Waals surface area contributed by atoms with Gasteiger partial charge in [0.1, 0.15) is 11.7 Å². The van der Waals surface area contributed by atoms with Crippen molar-refractivity contribution in [3.63, 3.8) is 0 Å².